The maximum absolute atomic E-state index is 12.5. The van der Waals surface area contributed by atoms with Gasteiger partial charge >= 0.3 is 6.03 Å². The molecule has 0 spiro atoms. The summed E-state index contributed by atoms with van der Waals surface area (Å²) in [5.41, 5.74) is 4.41. The Morgan fingerprint density at radius 2 is 1.77 bits per heavy atom. The predicted octanol–water partition coefficient (Wildman–Crippen LogP) is 4.81. The summed E-state index contributed by atoms with van der Waals surface area (Å²) in [5, 5.41) is 7.14. The van der Waals surface area contributed by atoms with Crippen molar-refractivity contribution in [2.45, 2.75) is 12.5 Å². The summed E-state index contributed by atoms with van der Waals surface area (Å²) in [6.07, 6.45) is 2.04. The van der Waals surface area contributed by atoms with E-state index in [0.717, 1.165) is 22.4 Å². The van der Waals surface area contributed by atoms with Crippen molar-refractivity contribution in [2.75, 3.05) is 13.7 Å². The fraction of sp³-hybridized carbons (Fsp3) is 0.160. The lowest BCUT2D eigenvalue weighted by Crippen LogP contribution is -2.37. The van der Waals surface area contributed by atoms with Crippen LogP contribution in [-0.4, -0.2) is 24.7 Å². The van der Waals surface area contributed by atoms with Crippen molar-refractivity contribution in [3.8, 4) is 5.75 Å². The molecular formula is C25H25N3O2. The number of nitrogens with one attached hydrogen (secondary N) is 3. The lowest BCUT2D eigenvalue weighted by Gasteiger charge is -2.18. The Balaban J connectivity index is 1.46. The monoisotopic (exact) mass is 399 g/mol. The summed E-state index contributed by atoms with van der Waals surface area (Å²) in [6, 6.07) is 26.0. The molecule has 0 bridgehead atoms. The Kier molecular flexibility index (Phi) is 5.99. The van der Waals surface area contributed by atoms with Crippen molar-refractivity contribution in [1.82, 2.24) is 15.6 Å². The van der Waals surface area contributed by atoms with Crippen LogP contribution >= 0.6 is 0 Å². The number of para-hydroxylation sites is 1. The van der Waals surface area contributed by atoms with E-state index < -0.39 is 0 Å². The van der Waals surface area contributed by atoms with Crippen LogP contribution in [0.4, 0.5) is 4.79 Å². The number of fused-ring (bicyclic) bond motifs is 1. The number of aromatic nitrogens is 1. The molecule has 5 heteroatoms. The number of urea groups is 1. The average Bonchev–Trinajstić information content (AvgIpc) is 3.23. The molecular weight excluding hydrogens is 374 g/mol. The van der Waals surface area contributed by atoms with Crippen LogP contribution in [0.25, 0.3) is 10.9 Å². The van der Waals surface area contributed by atoms with Crippen LogP contribution in [0.1, 0.15) is 22.6 Å². The zero-order valence-electron chi connectivity index (χ0n) is 16.9. The van der Waals surface area contributed by atoms with Gasteiger partial charge in [-0.05, 0) is 34.9 Å². The number of carbonyl (C=O) groups is 1. The van der Waals surface area contributed by atoms with E-state index >= 15 is 0 Å². The van der Waals surface area contributed by atoms with Crippen LogP contribution in [0.5, 0.6) is 5.75 Å². The lowest BCUT2D eigenvalue weighted by molar-refractivity contribution is 0.240. The number of amides is 2. The minimum absolute atomic E-state index is 0.0462. The third-order valence-electron chi connectivity index (χ3n) is 5.25. The van der Waals surface area contributed by atoms with E-state index in [2.05, 4.69) is 39.9 Å². The Hall–Kier alpha value is -3.73. The van der Waals surface area contributed by atoms with E-state index in [1.807, 2.05) is 60.8 Å². The number of ether oxygens (including phenoxy) is 1. The second-order valence-electron chi connectivity index (χ2n) is 7.17. The Morgan fingerprint density at radius 1 is 0.967 bits per heavy atom. The van der Waals surface area contributed by atoms with Gasteiger partial charge in [0.15, 0.2) is 0 Å². The highest BCUT2D eigenvalue weighted by molar-refractivity contribution is 5.84. The standard InChI is InChI=1S/C25H25N3O2/c1-30-20-11-7-8-18(14-20)15-27-25(29)28-16-22(19-9-3-2-4-10-19)23-17-26-24-13-6-5-12-21(23)24/h2-14,17,22,26H,15-16H2,1H3,(H2,27,28,29)/t22-/m0/s1. The second kappa shape index (κ2) is 9.18. The minimum atomic E-state index is -0.196. The van der Waals surface area contributed by atoms with Crippen molar-refractivity contribution in [3.63, 3.8) is 0 Å². The summed E-state index contributed by atoms with van der Waals surface area (Å²) in [6.45, 7) is 0.932. The quantitative estimate of drug-likeness (QED) is 0.418. The van der Waals surface area contributed by atoms with Gasteiger partial charge in [-0.25, -0.2) is 4.79 Å². The molecule has 0 radical (unpaired) electrons. The highest BCUT2D eigenvalue weighted by Gasteiger charge is 2.18. The van der Waals surface area contributed by atoms with Gasteiger partial charge in [0.2, 0.25) is 0 Å². The van der Waals surface area contributed by atoms with E-state index in [1.54, 1.807) is 7.11 Å². The van der Waals surface area contributed by atoms with Gasteiger partial charge in [0.1, 0.15) is 5.75 Å². The van der Waals surface area contributed by atoms with Crippen molar-refractivity contribution in [3.05, 3.63) is 102 Å². The number of H-pyrrole nitrogens is 1. The van der Waals surface area contributed by atoms with Gasteiger partial charge in [-0.15, -0.1) is 0 Å². The van der Waals surface area contributed by atoms with E-state index in [0.29, 0.717) is 13.1 Å². The lowest BCUT2D eigenvalue weighted by atomic mass is 9.91. The van der Waals surface area contributed by atoms with E-state index in [1.165, 1.54) is 10.9 Å². The highest BCUT2D eigenvalue weighted by Crippen LogP contribution is 2.30. The first-order chi connectivity index (χ1) is 14.7. The first-order valence-corrected chi connectivity index (χ1v) is 10.00. The zero-order chi connectivity index (χ0) is 20.8. The fourth-order valence-corrected chi connectivity index (χ4v) is 3.70. The molecule has 0 aliphatic carbocycles. The van der Waals surface area contributed by atoms with Gasteiger partial charge in [-0.1, -0.05) is 60.7 Å². The largest absolute Gasteiger partial charge is 0.497 e. The number of benzene rings is 3. The van der Waals surface area contributed by atoms with Crippen LogP contribution in [0.15, 0.2) is 85.1 Å². The van der Waals surface area contributed by atoms with Gasteiger partial charge < -0.3 is 20.4 Å². The molecule has 0 aliphatic heterocycles. The molecule has 0 saturated carbocycles. The number of carbonyl (C=O) groups excluding carboxylic acids is 1. The zero-order valence-corrected chi connectivity index (χ0v) is 16.9. The summed E-state index contributed by atoms with van der Waals surface area (Å²) < 4.78 is 5.23. The van der Waals surface area contributed by atoms with Gasteiger partial charge in [-0.2, -0.15) is 0 Å². The molecule has 30 heavy (non-hydrogen) atoms. The van der Waals surface area contributed by atoms with Crippen molar-refractivity contribution in [2.24, 2.45) is 0 Å². The Labute approximate surface area is 176 Å². The number of hydrogen-bond acceptors (Lipinski definition) is 2. The SMILES string of the molecule is COc1cccc(CNC(=O)NC[C@@H](c2ccccc2)c2c[nH]c3ccccc23)c1. The molecule has 2 amide bonds. The van der Waals surface area contributed by atoms with Gasteiger partial charge in [-0.3, -0.25) is 0 Å². The van der Waals surface area contributed by atoms with E-state index in [9.17, 15) is 4.79 Å². The number of hydrogen-bond donors (Lipinski definition) is 3. The summed E-state index contributed by atoms with van der Waals surface area (Å²) in [5.74, 6) is 0.822. The third kappa shape index (κ3) is 4.46. The van der Waals surface area contributed by atoms with Crippen LogP contribution in [0.2, 0.25) is 0 Å². The molecule has 0 unspecified atom stereocenters. The van der Waals surface area contributed by atoms with Crippen molar-refractivity contribution >= 4 is 16.9 Å². The summed E-state index contributed by atoms with van der Waals surface area (Å²) >= 11 is 0. The van der Waals surface area contributed by atoms with Crippen LogP contribution < -0.4 is 15.4 Å². The molecule has 0 saturated heterocycles. The minimum Gasteiger partial charge on any atom is -0.497 e. The first-order valence-electron chi connectivity index (χ1n) is 10.00. The predicted molar refractivity (Wildman–Crippen MR) is 120 cm³/mol. The van der Waals surface area contributed by atoms with Crippen molar-refractivity contribution < 1.29 is 9.53 Å². The third-order valence-corrected chi connectivity index (χ3v) is 5.25. The van der Waals surface area contributed by atoms with Crippen LogP contribution in [0, 0.1) is 0 Å². The summed E-state index contributed by atoms with van der Waals surface area (Å²) in [4.78, 5) is 15.8. The van der Waals surface area contributed by atoms with E-state index in [-0.39, 0.29) is 11.9 Å². The highest BCUT2D eigenvalue weighted by atomic mass is 16.5. The number of aromatic amines is 1. The molecule has 1 atom stereocenters. The molecule has 3 N–H and O–H groups in total. The van der Waals surface area contributed by atoms with Gasteiger partial charge in [0.05, 0.1) is 7.11 Å². The molecule has 152 valence electrons. The second-order valence-corrected chi connectivity index (χ2v) is 7.17. The maximum Gasteiger partial charge on any atom is 0.315 e. The maximum atomic E-state index is 12.5. The molecule has 5 nitrogen and oxygen atoms in total. The molecule has 1 heterocycles. The summed E-state index contributed by atoms with van der Waals surface area (Å²) in [7, 11) is 1.63. The molecule has 0 aliphatic rings. The Bertz CT molecular complexity index is 1120. The number of methoxy groups -OCH3 is 1. The number of rotatable bonds is 7. The molecule has 4 aromatic rings. The topological polar surface area (TPSA) is 66.2 Å². The first kappa shape index (κ1) is 19.6. The molecule has 0 fully saturated rings. The normalized spacial score (nSPS) is 11.8. The molecule has 3 aromatic carbocycles. The van der Waals surface area contributed by atoms with Gasteiger partial charge in [0, 0.05) is 36.1 Å². The van der Waals surface area contributed by atoms with Gasteiger partial charge in [0.25, 0.3) is 0 Å². The Morgan fingerprint density at radius 3 is 2.60 bits per heavy atom. The average molecular weight is 399 g/mol. The smallest absolute Gasteiger partial charge is 0.315 e. The van der Waals surface area contributed by atoms with Crippen LogP contribution in [-0.2, 0) is 6.54 Å². The molecule has 4 rings (SSSR count). The van der Waals surface area contributed by atoms with Crippen molar-refractivity contribution in [1.29, 1.82) is 0 Å². The fourth-order valence-electron chi connectivity index (χ4n) is 3.70. The van der Waals surface area contributed by atoms with Crippen LogP contribution in [0.3, 0.4) is 0 Å². The molecule has 1 aromatic heterocycles. The van der Waals surface area contributed by atoms with E-state index in [4.69, 9.17) is 4.74 Å².